The Morgan fingerprint density at radius 1 is 1.53 bits per heavy atom. The molecule has 0 spiro atoms. The van der Waals surface area contributed by atoms with Crippen molar-refractivity contribution in [2.24, 2.45) is 5.10 Å². The minimum atomic E-state index is -0.427. The summed E-state index contributed by atoms with van der Waals surface area (Å²) in [7, 11) is 0. The molecule has 2 N–H and O–H groups in total. The number of nitrogens with one attached hydrogen (secondary N) is 2. The van der Waals surface area contributed by atoms with E-state index in [0.717, 1.165) is 9.13 Å². The monoisotopic (exact) mass is 341 g/mol. The van der Waals surface area contributed by atoms with Gasteiger partial charge < -0.3 is 0 Å². The molecule has 7 heteroatoms. The molecule has 0 saturated heterocycles. The van der Waals surface area contributed by atoms with E-state index in [-0.39, 0.29) is 5.82 Å². The Hall–Kier alpha value is -1.77. The first-order valence-electron chi connectivity index (χ1n) is 4.70. The van der Waals surface area contributed by atoms with Crippen LogP contribution in [0, 0.1) is 3.57 Å². The predicted molar refractivity (Wildman–Crippen MR) is 70.6 cm³/mol. The zero-order valence-electron chi connectivity index (χ0n) is 8.59. The van der Waals surface area contributed by atoms with Crippen LogP contribution in [0.1, 0.15) is 16.2 Å². The molecule has 2 aromatic rings. The van der Waals surface area contributed by atoms with E-state index >= 15 is 0 Å². The summed E-state index contributed by atoms with van der Waals surface area (Å²) in [5, 5.41) is 9.84. The molecular formula is C10H8IN5O. The maximum Gasteiger partial charge on any atom is 0.308 e. The molecule has 0 atom stereocenters. The van der Waals surface area contributed by atoms with Gasteiger partial charge in [0.2, 0.25) is 5.82 Å². The van der Waals surface area contributed by atoms with Crippen LogP contribution in [0.4, 0.5) is 0 Å². The summed E-state index contributed by atoms with van der Waals surface area (Å²) in [6.45, 7) is 0. The van der Waals surface area contributed by atoms with Crippen LogP contribution < -0.4 is 5.43 Å². The van der Waals surface area contributed by atoms with E-state index in [1.807, 2.05) is 24.3 Å². The summed E-state index contributed by atoms with van der Waals surface area (Å²) in [6, 6.07) is 7.74. The third-order valence-corrected chi connectivity index (χ3v) is 2.53. The van der Waals surface area contributed by atoms with Crippen molar-refractivity contribution in [3.05, 3.63) is 45.6 Å². The maximum absolute atomic E-state index is 11.4. The van der Waals surface area contributed by atoms with E-state index in [1.165, 1.54) is 6.33 Å². The Morgan fingerprint density at radius 2 is 2.41 bits per heavy atom. The normalized spacial score (nSPS) is 10.6. The largest absolute Gasteiger partial charge is 0.308 e. The molecule has 0 bridgehead atoms. The van der Waals surface area contributed by atoms with Crippen LogP contribution in [0.25, 0.3) is 0 Å². The zero-order valence-corrected chi connectivity index (χ0v) is 10.7. The number of aromatic amines is 1. The first kappa shape index (κ1) is 11.7. The SMILES string of the molecule is O=C(N/N=C/c1cccc(I)c1)c1ncn[nH]1. The third kappa shape index (κ3) is 3.34. The van der Waals surface area contributed by atoms with Crippen molar-refractivity contribution < 1.29 is 4.79 Å². The lowest BCUT2D eigenvalue weighted by Crippen LogP contribution is -2.19. The van der Waals surface area contributed by atoms with E-state index in [2.05, 4.69) is 48.3 Å². The third-order valence-electron chi connectivity index (χ3n) is 1.86. The number of hydrogen-bond acceptors (Lipinski definition) is 4. The molecule has 0 unspecified atom stereocenters. The van der Waals surface area contributed by atoms with Crippen LogP contribution in [0.15, 0.2) is 35.7 Å². The number of aromatic nitrogens is 3. The number of carbonyl (C=O) groups is 1. The van der Waals surface area contributed by atoms with Crippen molar-refractivity contribution >= 4 is 34.7 Å². The number of nitrogens with zero attached hydrogens (tertiary/aromatic N) is 3. The van der Waals surface area contributed by atoms with Crippen molar-refractivity contribution in [3.8, 4) is 0 Å². The lowest BCUT2D eigenvalue weighted by molar-refractivity contribution is 0.0945. The van der Waals surface area contributed by atoms with Crippen molar-refractivity contribution in [2.45, 2.75) is 0 Å². The average Bonchev–Trinajstić information content (AvgIpc) is 2.82. The first-order chi connectivity index (χ1) is 8.25. The fourth-order valence-corrected chi connectivity index (χ4v) is 1.69. The highest BCUT2D eigenvalue weighted by Gasteiger charge is 2.05. The molecule has 0 aliphatic heterocycles. The van der Waals surface area contributed by atoms with E-state index in [9.17, 15) is 4.79 Å². The van der Waals surface area contributed by atoms with Crippen LogP contribution >= 0.6 is 22.6 Å². The van der Waals surface area contributed by atoms with Crippen molar-refractivity contribution in [2.75, 3.05) is 0 Å². The standard InChI is InChI=1S/C10H8IN5O/c11-8-3-1-2-7(4-8)5-13-16-10(17)9-12-6-14-15-9/h1-6H,(H,16,17)(H,12,14,15)/b13-5+. The van der Waals surface area contributed by atoms with Crippen LogP contribution in [-0.2, 0) is 0 Å². The number of hydrogen-bond donors (Lipinski definition) is 2. The van der Waals surface area contributed by atoms with Gasteiger partial charge in [0.25, 0.3) is 0 Å². The van der Waals surface area contributed by atoms with E-state index in [1.54, 1.807) is 6.21 Å². The van der Waals surface area contributed by atoms with Gasteiger partial charge >= 0.3 is 5.91 Å². The van der Waals surface area contributed by atoms with Crippen molar-refractivity contribution in [1.82, 2.24) is 20.6 Å². The van der Waals surface area contributed by atoms with Crippen molar-refractivity contribution in [1.29, 1.82) is 0 Å². The Kier molecular flexibility index (Phi) is 3.81. The number of H-pyrrole nitrogens is 1. The average molecular weight is 341 g/mol. The van der Waals surface area contributed by atoms with Gasteiger partial charge in [0, 0.05) is 3.57 Å². The summed E-state index contributed by atoms with van der Waals surface area (Å²) in [4.78, 5) is 15.1. The molecular weight excluding hydrogens is 333 g/mol. The van der Waals surface area contributed by atoms with Gasteiger partial charge in [-0.25, -0.2) is 10.4 Å². The first-order valence-corrected chi connectivity index (χ1v) is 5.78. The van der Waals surface area contributed by atoms with Crippen LogP contribution in [0.3, 0.4) is 0 Å². The van der Waals surface area contributed by atoms with Gasteiger partial charge in [-0.15, -0.1) is 0 Å². The Labute approximate surface area is 111 Å². The smallest absolute Gasteiger partial charge is 0.264 e. The summed E-state index contributed by atoms with van der Waals surface area (Å²) < 4.78 is 1.10. The maximum atomic E-state index is 11.4. The molecule has 2 rings (SSSR count). The van der Waals surface area contributed by atoms with Crippen LogP contribution in [0.2, 0.25) is 0 Å². The number of rotatable bonds is 3. The number of hydrazone groups is 1. The number of amides is 1. The summed E-state index contributed by atoms with van der Waals surface area (Å²) >= 11 is 2.21. The van der Waals surface area contributed by atoms with Crippen molar-refractivity contribution in [3.63, 3.8) is 0 Å². The zero-order chi connectivity index (χ0) is 12.1. The van der Waals surface area contributed by atoms with E-state index in [4.69, 9.17) is 0 Å². The van der Waals surface area contributed by atoms with Crippen LogP contribution in [0.5, 0.6) is 0 Å². The number of benzene rings is 1. The summed E-state index contributed by atoms with van der Waals surface area (Å²) in [5.74, 6) is -0.297. The molecule has 6 nitrogen and oxygen atoms in total. The van der Waals surface area contributed by atoms with Gasteiger partial charge in [-0.2, -0.15) is 10.2 Å². The minimum Gasteiger partial charge on any atom is -0.264 e. The molecule has 17 heavy (non-hydrogen) atoms. The van der Waals surface area contributed by atoms with E-state index in [0.29, 0.717) is 0 Å². The molecule has 1 heterocycles. The topological polar surface area (TPSA) is 83.0 Å². The number of carbonyl (C=O) groups excluding carboxylic acids is 1. The fraction of sp³-hybridized carbons (Fsp3) is 0. The summed E-state index contributed by atoms with van der Waals surface area (Å²) in [5.41, 5.74) is 3.26. The molecule has 0 radical (unpaired) electrons. The molecule has 0 fully saturated rings. The van der Waals surface area contributed by atoms with Gasteiger partial charge in [-0.3, -0.25) is 9.89 Å². The molecule has 0 aliphatic rings. The highest BCUT2D eigenvalue weighted by atomic mass is 127. The fourth-order valence-electron chi connectivity index (χ4n) is 1.12. The van der Waals surface area contributed by atoms with E-state index < -0.39 is 5.91 Å². The Bertz CT molecular complexity index is 537. The number of halogens is 1. The highest BCUT2D eigenvalue weighted by molar-refractivity contribution is 14.1. The molecule has 1 aromatic heterocycles. The summed E-state index contributed by atoms with van der Waals surface area (Å²) in [6.07, 6.45) is 2.83. The molecule has 86 valence electrons. The van der Waals surface area contributed by atoms with Gasteiger partial charge in [0.05, 0.1) is 6.21 Å². The molecule has 1 amide bonds. The Balaban J connectivity index is 1.96. The molecule has 1 aromatic carbocycles. The van der Waals surface area contributed by atoms with Gasteiger partial charge in [-0.05, 0) is 40.3 Å². The van der Waals surface area contributed by atoms with Gasteiger partial charge in [-0.1, -0.05) is 12.1 Å². The lowest BCUT2D eigenvalue weighted by atomic mass is 10.2. The second-order valence-electron chi connectivity index (χ2n) is 3.09. The second kappa shape index (κ2) is 5.53. The highest BCUT2D eigenvalue weighted by Crippen LogP contribution is 2.05. The lowest BCUT2D eigenvalue weighted by Gasteiger charge is -1.95. The Morgan fingerprint density at radius 3 is 3.12 bits per heavy atom. The minimum absolute atomic E-state index is 0.129. The quantitative estimate of drug-likeness (QED) is 0.500. The van der Waals surface area contributed by atoms with Gasteiger partial charge in [0.15, 0.2) is 0 Å². The second-order valence-corrected chi connectivity index (χ2v) is 4.33. The predicted octanol–water partition coefficient (Wildman–Crippen LogP) is 1.17. The molecule has 0 aliphatic carbocycles. The van der Waals surface area contributed by atoms with Gasteiger partial charge in [0.1, 0.15) is 6.33 Å². The van der Waals surface area contributed by atoms with Crippen LogP contribution in [-0.4, -0.2) is 27.3 Å². The molecule has 0 saturated carbocycles.